The molecule has 1 heterocycles. The number of esters is 2. The fourth-order valence-electron chi connectivity index (χ4n) is 0.967. The normalized spacial score (nSPS) is 9.94. The van der Waals surface area contributed by atoms with E-state index in [-0.39, 0.29) is 23.8 Å². The smallest absolute Gasteiger partial charge is 0.358 e. The summed E-state index contributed by atoms with van der Waals surface area (Å²) in [6, 6.07) is 0. The average Bonchev–Trinajstić information content (AvgIpc) is 2.61. The van der Waals surface area contributed by atoms with E-state index in [4.69, 9.17) is 9.47 Å². The number of ether oxygens (including phenoxy) is 2. The molecule has 0 aliphatic carbocycles. The molecule has 0 unspecified atom stereocenters. The van der Waals surface area contributed by atoms with E-state index in [9.17, 15) is 9.59 Å². The van der Waals surface area contributed by atoms with Crippen molar-refractivity contribution in [3.05, 3.63) is 13.6 Å². The number of nitrogens with zero attached hydrogens (tertiary/aromatic N) is 1. The first-order valence-electron chi connectivity index (χ1n) is 4.60. The predicted molar refractivity (Wildman–Crippen MR) is 66.7 cm³/mol. The summed E-state index contributed by atoms with van der Waals surface area (Å²) >= 11 is 3.06. The highest BCUT2D eigenvalue weighted by Gasteiger charge is 2.24. The topological polar surface area (TPSA) is 65.5 Å². The minimum atomic E-state index is -0.593. The van der Waals surface area contributed by atoms with Crippen molar-refractivity contribution in [2.45, 2.75) is 13.8 Å². The Morgan fingerprint density at radius 1 is 1.25 bits per heavy atom. The second-order valence-electron chi connectivity index (χ2n) is 2.59. The Morgan fingerprint density at radius 2 is 1.81 bits per heavy atom. The quantitative estimate of drug-likeness (QED) is 0.611. The largest absolute Gasteiger partial charge is 0.462 e. The van der Waals surface area contributed by atoms with E-state index < -0.39 is 11.9 Å². The summed E-state index contributed by atoms with van der Waals surface area (Å²) in [4.78, 5) is 27.2. The van der Waals surface area contributed by atoms with Gasteiger partial charge in [0.05, 0.1) is 13.2 Å². The Balaban J connectivity index is 2.99. The molecule has 0 aromatic carbocycles. The average molecular weight is 355 g/mol. The van der Waals surface area contributed by atoms with Crippen molar-refractivity contribution in [3.63, 3.8) is 0 Å². The highest BCUT2D eigenvalue weighted by atomic mass is 127. The van der Waals surface area contributed by atoms with Crippen molar-refractivity contribution in [1.82, 2.24) is 4.98 Å². The number of hydrogen-bond donors (Lipinski definition) is 0. The van der Waals surface area contributed by atoms with Crippen molar-refractivity contribution in [3.8, 4) is 0 Å². The van der Waals surface area contributed by atoms with Crippen LogP contribution in [0.2, 0.25) is 0 Å². The second kappa shape index (κ2) is 6.14. The van der Waals surface area contributed by atoms with Crippen LogP contribution in [0.4, 0.5) is 0 Å². The van der Waals surface area contributed by atoms with Gasteiger partial charge in [0.25, 0.3) is 0 Å². The van der Waals surface area contributed by atoms with E-state index in [1.54, 1.807) is 13.8 Å². The minimum Gasteiger partial charge on any atom is -0.462 e. The van der Waals surface area contributed by atoms with Crippen molar-refractivity contribution < 1.29 is 19.1 Å². The van der Waals surface area contributed by atoms with E-state index in [0.717, 1.165) is 11.3 Å². The molecule has 0 spiro atoms. The fraction of sp³-hybridized carbons (Fsp3) is 0.444. The lowest BCUT2D eigenvalue weighted by atomic mass is 10.3. The zero-order valence-electron chi connectivity index (χ0n) is 8.78. The van der Waals surface area contributed by atoms with Crippen LogP contribution in [-0.4, -0.2) is 30.1 Å². The van der Waals surface area contributed by atoms with Gasteiger partial charge in [0.1, 0.15) is 4.88 Å². The molecule has 0 fully saturated rings. The molecule has 1 rings (SSSR count). The van der Waals surface area contributed by atoms with E-state index in [2.05, 4.69) is 4.98 Å². The summed E-state index contributed by atoms with van der Waals surface area (Å²) in [5, 5.41) is 0. The number of carbonyl (C=O) groups is 2. The molecular weight excluding hydrogens is 345 g/mol. The number of rotatable bonds is 4. The van der Waals surface area contributed by atoms with Gasteiger partial charge in [0.15, 0.2) is 8.71 Å². The monoisotopic (exact) mass is 355 g/mol. The van der Waals surface area contributed by atoms with Crippen molar-refractivity contribution in [2.75, 3.05) is 13.2 Å². The highest BCUT2D eigenvalue weighted by molar-refractivity contribution is 14.1. The third-order valence-corrected chi connectivity index (χ3v) is 3.26. The lowest BCUT2D eigenvalue weighted by Gasteiger charge is -2.01. The number of carbonyl (C=O) groups excluding carboxylic acids is 2. The van der Waals surface area contributed by atoms with Gasteiger partial charge < -0.3 is 9.47 Å². The molecule has 0 aliphatic rings. The number of halogens is 1. The van der Waals surface area contributed by atoms with Crippen LogP contribution in [0.15, 0.2) is 0 Å². The molecule has 7 heteroatoms. The van der Waals surface area contributed by atoms with Crippen LogP contribution in [0.5, 0.6) is 0 Å². The maximum absolute atomic E-state index is 11.5. The van der Waals surface area contributed by atoms with Crippen LogP contribution in [0.25, 0.3) is 0 Å². The second-order valence-corrected chi connectivity index (χ2v) is 5.34. The van der Waals surface area contributed by atoms with Crippen LogP contribution in [0.3, 0.4) is 0 Å². The Labute approximate surface area is 110 Å². The van der Waals surface area contributed by atoms with Crippen LogP contribution in [-0.2, 0) is 9.47 Å². The van der Waals surface area contributed by atoms with Crippen LogP contribution in [0, 0.1) is 3.01 Å². The lowest BCUT2D eigenvalue weighted by molar-refractivity contribution is 0.0479. The lowest BCUT2D eigenvalue weighted by Crippen LogP contribution is -2.12. The molecule has 0 radical (unpaired) electrons. The summed E-state index contributed by atoms with van der Waals surface area (Å²) in [7, 11) is 0. The van der Waals surface area contributed by atoms with Crippen molar-refractivity contribution in [1.29, 1.82) is 0 Å². The fourth-order valence-corrected chi connectivity index (χ4v) is 2.54. The van der Waals surface area contributed by atoms with Crippen molar-refractivity contribution >= 4 is 45.9 Å². The summed E-state index contributed by atoms with van der Waals surface area (Å²) in [5.41, 5.74) is 0.0368. The van der Waals surface area contributed by atoms with E-state index in [1.807, 2.05) is 22.6 Å². The molecule has 0 bridgehead atoms. The van der Waals surface area contributed by atoms with Crippen molar-refractivity contribution in [2.24, 2.45) is 0 Å². The molecule has 88 valence electrons. The highest BCUT2D eigenvalue weighted by Crippen LogP contribution is 2.22. The number of thiazole rings is 1. The zero-order chi connectivity index (χ0) is 12.1. The minimum absolute atomic E-state index is 0.0368. The summed E-state index contributed by atoms with van der Waals surface area (Å²) in [6.07, 6.45) is 0. The summed E-state index contributed by atoms with van der Waals surface area (Å²) in [5.74, 6) is -1.13. The third-order valence-electron chi connectivity index (χ3n) is 1.53. The van der Waals surface area contributed by atoms with Gasteiger partial charge in [-0.3, -0.25) is 0 Å². The molecule has 5 nitrogen and oxygen atoms in total. The van der Waals surface area contributed by atoms with Crippen LogP contribution >= 0.6 is 33.9 Å². The molecule has 16 heavy (non-hydrogen) atoms. The van der Waals surface area contributed by atoms with Gasteiger partial charge >= 0.3 is 11.9 Å². The van der Waals surface area contributed by atoms with E-state index in [0.29, 0.717) is 3.01 Å². The number of hydrogen-bond acceptors (Lipinski definition) is 6. The molecule has 0 N–H and O–H groups in total. The standard InChI is InChI=1S/C9H10INO4S/c1-3-14-7(12)5-6(8(13)15-4-2)16-9(10)11-5/h3-4H2,1-2H3. The van der Waals surface area contributed by atoms with Gasteiger partial charge in [-0.2, -0.15) is 0 Å². The molecule has 0 aliphatic heterocycles. The van der Waals surface area contributed by atoms with Crippen LogP contribution < -0.4 is 0 Å². The Morgan fingerprint density at radius 3 is 2.38 bits per heavy atom. The van der Waals surface area contributed by atoms with Gasteiger partial charge in [-0.05, 0) is 36.4 Å². The van der Waals surface area contributed by atoms with Gasteiger partial charge in [-0.1, -0.05) is 0 Å². The van der Waals surface area contributed by atoms with Gasteiger partial charge in [-0.15, -0.1) is 11.3 Å². The zero-order valence-corrected chi connectivity index (χ0v) is 11.8. The van der Waals surface area contributed by atoms with Gasteiger partial charge in [0, 0.05) is 0 Å². The molecule has 0 amide bonds. The first-order valence-corrected chi connectivity index (χ1v) is 6.50. The molecular formula is C9H10INO4S. The maximum Gasteiger partial charge on any atom is 0.358 e. The summed E-state index contributed by atoms with van der Waals surface area (Å²) < 4.78 is 10.2. The Hall–Kier alpha value is -0.700. The van der Waals surface area contributed by atoms with Gasteiger partial charge in [-0.25, -0.2) is 14.6 Å². The van der Waals surface area contributed by atoms with Crippen LogP contribution in [0.1, 0.15) is 34.0 Å². The van der Waals surface area contributed by atoms with E-state index in [1.165, 1.54) is 0 Å². The molecule has 0 atom stereocenters. The first kappa shape index (κ1) is 13.4. The van der Waals surface area contributed by atoms with Gasteiger partial charge in [0.2, 0.25) is 0 Å². The number of aromatic nitrogens is 1. The molecule has 0 saturated carbocycles. The SMILES string of the molecule is CCOC(=O)c1nc(I)sc1C(=O)OCC. The Kier molecular flexibility index (Phi) is 5.13. The first-order chi connectivity index (χ1) is 7.60. The maximum atomic E-state index is 11.5. The Bertz CT molecular complexity index is 369. The van der Waals surface area contributed by atoms with E-state index >= 15 is 0 Å². The predicted octanol–water partition coefficient (Wildman–Crippen LogP) is 2.10. The molecule has 1 aromatic rings. The molecule has 1 aromatic heterocycles. The summed E-state index contributed by atoms with van der Waals surface area (Å²) in [6.45, 7) is 3.90. The third kappa shape index (κ3) is 3.14. The molecule has 0 saturated heterocycles.